The van der Waals surface area contributed by atoms with Crippen molar-refractivity contribution < 1.29 is 14.4 Å². The van der Waals surface area contributed by atoms with Crippen LogP contribution in [0.2, 0.25) is 0 Å². The number of urea groups is 1. The molecular formula is C18H22N4O3. The van der Waals surface area contributed by atoms with E-state index in [0.29, 0.717) is 31.7 Å². The SMILES string of the molecule is CC(=O)c1cn([C@@H](C)C(=O)NCCN2CCNC2=O)c2ccccc12. The maximum Gasteiger partial charge on any atom is 0.317 e. The summed E-state index contributed by atoms with van der Waals surface area (Å²) in [6, 6.07) is 7.01. The second-order valence-electron chi connectivity index (χ2n) is 6.21. The summed E-state index contributed by atoms with van der Waals surface area (Å²) in [7, 11) is 0. The number of amides is 3. The second kappa shape index (κ2) is 6.96. The van der Waals surface area contributed by atoms with Crippen LogP contribution in [0.5, 0.6) is 0 Å². The van der Waals surface area contributed by atoms with Crippen LogP contribution < -0.4 is 10.6 Å². The number of nitrogens with zero attached hydrogens (tertiary/aromatic N) is 2. The molecule has 1 saturated heterocycles. The molecule has 1 aromatic carbocycles. The molecule has 0 aliphatic carbocycles. The zero-order chi connectivity index (χ0) is 18.0. The summed E-state index contributed by atoms with van der Waals surface area (Å²) in [6.07, 6.45) is 1.74. The zero-order valence-electron chi connectivity index (χ0n) is 14.4. The third-order valence-corrected chi connectivity index (χ3v) is 4.54. The Morgan fingerprint density at radius 2 is 2.08 bits per heavy atom. The van der Waals surface area contributed by atoms with Gasteiger partial charge in [-0.2, -0.15) is 0 Å². The largest absolute Gasteiger partial charge is 0.353 e. The Bertz CT molecular complexity index is 827. The third kappa shape index (κ3) is 3.35. The van der Waals surface area contributed by atoms with Crippen LogP contribution >= 0.6 is 0 Å². The van der Waals surface area contributed by atoms with Crippen molar-refractivity contribution in [1.29, 1.82) is 0 Å². The summed E-state index contributed by atoms with van der Waals surface area (Å²) in [6.45, 7) is 5.51. The van der Waals surface area contributed by atoms with Crippen LogP contribution in [-0.4, -0.2) is 53.4 Å². The van der Waals surface area contributed by atoms with Gasteiger partial charge in [-0.15, -0.1) is 0 Å². The fourth-order valence-corrected chi connectivity index (χ4v) is 3.12. The van der Waals surface area contributed by atoms with E-state index >= 15 is 0 Å². The molecule has 7 heteroatoms. The van der Waals surface area contributed by atoms with Crippen molar-refractivity contribution in [3.05, 3.63) is 36.0 Å². The average molecular weight is 342 g/mol. The highest BCUT2D eigenvalue weighted by atomic mass is 16.2. The summed E-state index contributed by atoms with van der Waals surface area (Å²) in [5.41, 5.74) is 1.47. The van der Waals surface area contributed by atoms with Gasteiger partial charge in [-0.1, -0.05) is 18.2 Å². The van der Waals surface area contributed by atoms with Crippen LogP contribution in [0.15, 0.2) is 30.5 Å². The number of carbonyl (C=O) groups excluding carboxylic acids is 3. The van der Waals surface area contributed by atoms with Gasteiger partial charge in [-0.25, -0.2) is 4.79 Å². The van der Waals surface area contributed by atoms with E-state index < -0.39 is 6.04 Å². The van der Waals surface area contributed by atoms with Gasteiger partial charge in [0.1, 0.15) is 6.04 Å². The van der Waals surface area contributed by atoms with E-state index in [-0.39, 0.29) is 17.7 Å². The molecule has 1 aromatic heterocycles. The Morgan fingerprint density at radius 1 is 1.32 bits per heavy atom. The predicted octanol–water partition coefficient (Wildman–Crippen LogP) is 1.55. The standard InChI is InChI=1S/C18H22N4O3/c1-12(17(24)19-7-9-21-10-8-20-18(21)25)22-11-15(13(2)23)14-5-3-4-6-16(14)22/h3-6,11-12H,7-10H2,1-2H3,(H,19,24)(H,20,25)/t12-/m0/s1. The van der Waals surface area contributed by atoms with Crippen LogP contribution in [0.4, 0.5) is 4.79 Å². The lowest BCUT2D eigenvalue weighted by atomic mass is 10.1. The van der Waals surface area contributed by atoms with Crippen molar-refractivity contribution >= 4 is 28.6 Å². The van der Waals surface area contributed by atoms with Crippen molar-refractivity contribution in [3.8, 4) is 0 Å². The van der Waals surface area contributed by atoms with Gasteiger partial charge >= 0.3 is 6.03 Å². The topological polar surface area (TPSA) is 83.4 Å². The summed E-state index contributed by atoms with van der Waals surface area (Å²) in [5.74, 6) is -0.168. The molecule has 7 nitrogen and oxygen atoms in total. The second-order valence-corrected chi connectivity index (χ2v) is 6.21. The van der Waals surface area contributed by atoms with Crippen molar-refractivity contribution in [3.63, 3.8) is 0 Å². The quantitative estimate of drug-likeness (QED) is 0.781. The molecule has 3 amide bonds. The van der Waals surface area contributed by atoms with Gasteiger partial charge < -0.3 is 20.1 Å². The fraction of sp³-hybridized carbons (Fsp3) is 0.389. The van der Waals surface area contributed by atoms with Gasteiger partial charge in [0.15, 0.2) is 5.78 Å². The molecule has 1 aliphatic rings. The van der Waals surface area contributed by atoms with E-state index in [1.54, 1.807) is 18.0 Å². The predicted molar refractivity (Wildman–Crippen MR) is 94.6 cm³/mol. The Morgan fingerprint density at radius 3 is 2.76 bits per heavy atom. The van der Waals surface area contributed by atoms with E-state index in [4.69, 9.17) is 0 Å². The minimum absolute atomic E-state index is 0.0254. The molecule has 0 bridgehead atoms. The number of nitrogens with one attached hydrogen (secondary N) is 2. The minimum atomic E-state index is -0.453. The first-order valence-electron chi connectivity index (χ1n) is 8.40. The molecule has 0 radical (unpaired) electrons. The van der Waals surface area contributed by atoms with Crippen LogP contribution in [-0.2, 0) is 4.79 Å². The van der Waals surface area contributed by atoms with E-state index in [9.17, 15) is 14.4 Å². The van der Waals surface area contributed by atoms with Crippen molar-refractivity contribution in [2.45, 2.75) is 19.9 Å². The Labute approximate surface area is 146 Å². The molecule has 1 aliphatic heterocycles. The molecule has 2 N–H and O–H groups in total. The number of carbonyl (C=O) groups is 3. The molecule has 3 rings (SSSR count). The molecule has 25 heavy (non-hydrogen) atoms. The summed E-state index contributed by atoms with van der Waals surface area (Å²) in [5, 5.41) is 6.44. The van der Waals surface area contributed by atoms with Crippen molar-refractivity contribution in [2.24, 2.45) is 0 Å². The van der Waals surface area contributed by atoms with Gasteiger partial charge in [-0.05, 0) is 19.9 Å². The number of hydrogen-bond acceptors (Lipinski definition) is 3. The van der Waals surface area contributed by atoms with Crippen LogP contribution in [0.3, 0.4) is 0 Å². The van der Waals surface area contributed by atoms with Gasteiger partial charge in [0, 0.05) is 48.8 Å². The molecular weight excluding hydrogens is 320 g/mol. The normalized spacial score (nSPS) is 15.3. The summed E-state index contributed by atoms with van der Waals surface area (Å²) >= 11 is 0. The number of rotatable bonds is 6. The summed E-state index contributed by atoms with van der Waals surface area (Å²) in [4.78, 5) is 37.5. The highest BCUT2D eigenvalue weighted by Crippen LogP contribution is 2.25. The van der Waals surface area contributed by atoms with E-state index in [1.165, 1.54) is 6.92 Å². The highest BCUT2D eigenvalue weighted by Gasteiger charge is 2.22. The van der Waals surface area contributed by atoms with Gasteiger partial charge in [0.05, 0.1) is 0 Å². The molecule has 0 spiro atoms. The van der Waals surface area contributed by atoms with Crippen LogP contribution in [0, 0.1) is 0 Å². The fourth-order valence-electron chi connectivity index (χ4n) is 3.12. The van der Waals surface area contributed by atoms with E-state index in [1.807, 2.05) is 28.8 Å². The first-order valence-corrected chi connectivity index (χ1v) is 8.40. The lowest BCUT2D eigenvalue weighted by molar-refractivity contribution is -0.123. The number of hydrogen-bond donors (Lipinski definition) is 2. The van der Waals surface area contributed by atoms with Gasteiger partial charge in [0.2, 0.25) is 5.91 Å². The number of benzene rings is 1. The Kier molecular flexibility index (Phi) is 4.74. The molecule has 1 atom stereocenters. The van der Waals surface area contributed by atoms with Crippen LogP contribution in [0.25, 0.3) is 10.9 Å². The average Bonchev–Trinajstić information content (AvgIpc) is 3.18. The molecule has 0 saturated carbocycles. The molecule has 1 fully saturated rings. The first-order chi connectivity index (χ1) is 12.0. The minimum Gasteiger partial charge on any atom is -0.353 e. The van der Waals surface area contributed by atoms with Gasteiger partial charge in [-0.3, -0.25) is 9.59 Å². The van der Waals surface area contributed by atoms with Crippen molar-refractivity contribution in [1.82, 2.24) is 20.1 Å². The van der Waals surface area contributed by atoms with Crippen LogP contribution in [0.1, 0.15) is 30.2 Å². The first kappa shape index (κ1) is 17.0. The molecule has 0 unspecified atom stereocenters. The maximum absolute atomic E-state index is 12.5. The molecule has 2 heterocycles. The third-order valence-electron chi connectivity index (χ3n) is 4.54. The number of ketones is 1. The molecule has 2 aromatic rings. The number of para-hydroxylation sites is 1. The van der Waals surface area contributed by atoms with E-state index in [0.717, 1.165) is 10.9 Å². The maximum atomic E-state index is 12.5. The summed E-state index contributed by atoms with van der Waals surface area (Å²) < 4.78 is 1.82. The van der Waals surface area contributed by atoms with Gasteiger partial charge in [0.25, 0.3) is 0 Å². The zero-order valence-corrected chi connectivity index (χ0v) is 14.4. The smallest absolute Gasteiger partial charge is 0.317 e. The lowest BCUT2D eigenvalue weighted by Crippen LogP contribution is -2.38. The Balaban J connectivity index is 1.71. The Hall–Kier alpha value is -2.83. The number of aromatic nitrogens is 1. The lowest BCUT2D eigenvalue weighted by Gasteiger charge is -2.18. The molecule has 132 valence electrons. The number of fused-ring (bicyclic) bond motifs is 1. The number of Topliss-reactive ketones (excluding diaryl/α,β-unsaturated/α-hetero) is 1. The van der Waals surface area contributed by atoms with E-state index in [2.05, 4.69) is 10.6 Å². The van der Waals surface area contributed by atoms with Crippen molar-refractivity contribution in [2.75, 3.05) is 26.2 Å². The highest BCUT2D eigenvalue weighted by molar-refractivity contribution is 6.07. The monoisotopic (exact) mass is 342 g/mol.